The first-order chi connectivity index (χ1) is 8.83. The van der Waals surface area contributed by atoms with E-state index in [1.165, 1.54) is 31.7 Å². The van der Waals surface area contributed by atoms with Gasteiger partial charge in [0.05, 0.1) is 0 Å². The molecule has 0 radical (unpaired) electrons. The number of benzene rings is 2. The minimum absolute atomic E-state index is 1.13. The van der Waals surface area contributed by atoms with Crippen LogP contribution < -0.4 is 5.46 Å². The van der Waals surface area contributed by atoms with Crippen molar-refractivity contribution in [2.75, 3.05) is 0 Å². The van der Waals surface area contributed by atoms with E-state index in [1.54, 1.807) is 11.3 Å². The molecule has 0 aliphatic rings. The van der Waals surface area contributed by atoms with E-state index in [2.05, 4.69) is 49.2 Å². The van der Waals surface area contributed by atoms with Gasteiger partial charge in [-0.15, -0.1) is 11.3 Å². The van der Waals surface area contributed by atoms with E-state index in [0.717, 1.165) is 4.83 Å². The fourth-order valence-corrected chi connectivity index (χ4v) is 3.70. The molecule has 0 amide bonds. The molecule has 2 heterocycles. The molecule has 0 aliphatic heterocycles. The second-order valence-corrected chi connectivity index (χ2v) is 5.62. The molecular formula is C15H10BNS. The van der Waals surface area contributed by atoms with Crippen molar-refractivity contribution in [2.24, 2.45) is 0 Å². The zero-order valence-electron chi connectivity index (χ0n) is 9.97. The molecule has 0 unspecified atom stereocenters. The predicted molar refractivity (Wildman–Crippen MR) is 82.8 cm³/mol. The number of fused-ring (bicyclic) bond motifs is 5. The summed E-state index contributed by atoms with van der Waals surface area (Å²) in [7, 11) is 2.14. The molecule has 3 heteroatoms. The molecule has 0 saturated carbocycles. The van der Waals surface area contributed by atoms with Crippen molar-refractivity contribution < 1.29 is 0 Å². The van der Waals surface area contributed by atoms with Gasteiger partial charge in [0.15, 0.2) is 0 Å². The molecular weight excluding hydrogens is 237 g/mol. The molecule has 0 bridgehead atoms. The van der Waals surface area contributed by atoms with Crippen LogP contribution in [0.3, 0.4) is 0 Å². The molecule has 0 aliphatic carbocycles. The lowest BCUT2D eigenvalue weighted by Gasteiger charge is -2.00. The molecule has 4 aromatic rings. The summed E-state index contributed by atoms with van der Waals surface area (Å²) in [5, 5.41) is 5.23. The Morgan fingerprint density at radius 2 is 1.83 bits per heavy atom. The molecule has 2 aromatic heterocycles. The van der Waals surface area contributed by atoms with Gasteiger partial charge >= 0.3 is 0 Å². The molecule has 1 nitrogen and oxygen atoms in total. The van der Waals surface area contributed by atoms with Crippen molar-refractivity contribution in [3.8, 4) is 0 Å². The SMILES string of the molecule is Bc1ccc2c(ccc3c4cccnc4sc23)c1. The van der Waals surface area contributed by atoms with Gasteiger partial charge in [0.2, 0.25) is 0 Å². The highest BCUT2D eigenvalue weighted by Crippen LogP contribution is 2.36. The largest absolute Gasteiger partial charge is 0.245 e. The van der Waals surface area contributed by atoms with Crippen molar-refractivity contribution in [2.45, 2.75) is 0 Å². The first-order valence-corrected chi connectivity index (χ1v) is 6.81. The van der Waals surface area contributed by atoms with Gasteiger partial charge < -0.3 is 0 Å². The Bertz CT molecular complexity index is 895. The molecule has 84 valence electrons. The molecule has 0 N–H and O–H groups in total. The van der Waals surface area contributed by atoms with Crippen molar-refractivity contribution >= 4 is 55.7 Å². The first-order valence-electron chi connectivity index (χ1n) is 5.99. The van der Waals surface area contributed by atoms with E-state index in [0.29, 0.717) is 0 Å². The van der Waals surface area contributed by atoms with Crippen molar-refractivity contribution in [1.29, 1.82) is 0 Å². The van der Waals surface area contributed by atoms with Gasteiger partial charge in [0.25, 0.3) is 0 Å². The summed E-state index contributed by atoms with van der Waals surface area (Å²) >= 11 is 1.79. The van der Waals surface area contributed by atoms with E-state index in [4.69, 9.17) is 0 Å². The van der Waals surface area contributed by atoms with Crippen molar-refractivity contribution in [1.82, 2.24) is 4.98 Å². The maximum absolute atomic E-state index is 4.46. The highest BCUT2D eigenvalue weighted by Gasteiger charge is 2.08. The van der Waals surface area contributed by atoms with Gasteiger partial charge in [-0.1, -0.05) is 35.8 Å². The topological polar surface area (TPSA) is 12.9 Å². The van der Waals surface area contributed by atoms with Gasteiger partial charge in [-0.3, -0.25) is 0 Å². The lowest BCUT2D eigenvalue weighted by molar-refractivity contribution is 1.45. The minimum atomic E-state index is 1.13. The first kappa shape index (κ1) is 10.1. The quantitative estimate of drug-likeness (QED) is 0.435. The van der Waals surface area contributed by atoms with Crippen LogP contribution in [0.4, 0.5) is 0 Å². The second kappa shape index (κ2) is 3.56. The van der Waals surface area contributed by atoms with Crippen LogP contribution in [0.5, 0.6) is 0 Å². The van der Waals surface area contributed by atoms with Gasteiger partial charge in [0.1, 0.15) is 12.7 Å². The third-order valence-corrected chi connectivity index (χ3v) is 4.55. The summed E-state index contributed by atoms with van der Waals surface area (Å²) in [4.78, 5) is 5.59. The maximum Gasteiger partial charge on any atom is 0.139 e. The van der Waals surface area contributed by atoms with Crippen molar-refractivity contribution in [3.05, 3.63) is 48.7 Å². The average Bonchev–Trinajstić information content (AvgIpc) is 2.77. The van der Waals surface area contributed by atoms with Gasteiger partial charge in [0, 0.05) is 21.7 Å². The van der Waals surface area contributed by atoms with Crippen LogP contribution in [-0.2, 0) is 0 Å². The Balaban J connectivity index is 2.28. The monoisotopic (exact) mass is 247 g/mol. The second-order valence-electron chi connectivity index (χ2n) is 4.63. The minimum Gasteiger partial charge on any atom is -0.245 e. The highest BCUT2D eigenvalue weighted by atomic mass is 32.1. The third-order valence-electron chi connectivity index (χ3n) is 3.39. The smallest absolute Gasteiger partial charge is 0.139 e. The Hall–Kier alpha value is -1.87. The summed E-state index contributed by atoms with van der Waals surface area (Å²) in [6.45, 7) is 0. The molecule has 4 rings (SSSR count). The summed E-state index contributed by atoms with van der Waals surface area (Å²) in [5.41, 5.74) is 1.31. The fourth-order valence-electron chi connectivity index (χ4n) is 2.52. The van der Waals surface area contributed by atoms with Crippen LogP contribution in [0.15, 0.2) is 48.7 Å². The van der Waals surface area contributed by atoms with Gasteiger partial charge in [-0.25, -0.2) is 4.98 Å². The molecule has 0 saturated heterocycles. The lowest BCUT2D eigenvalue weighted by atomic mass is 9.93. The fraction of sp³-hybridized carbons (Fsp3) is 0. The predicted octanol–water partition coefficient (Wildman–Crippen LogP) is 2.86. The molecule has 2 aromatic carbocycles. The number of rotatable bonds is 0. The number of hydrogen-bond acceptors (Lipinski definition) is 2. The average molecular weight is 247 g/mol. The van der Waals surface area contributed by atoms with E-state index in [9.17, 15) is 0 Å². The Kier molecular flexibility index (Phi) is 2.00. The van der Waals surface area contributed by atoms with Crippen LogP contribution in [-0.4, -0.2) is 12.8 Å². The Morgan fingerprint density at radius 3 is 2.78 bits per heavy atom. The van der Waals surface area contributed by atoms with Crippen LogP contribution in [0, 0.1) is 0 Å². The molecule has 0 fully saturated rings. The zero-order valence-corrected chi connectivity index (χ0v) is 10.8. The van der Waals surface area contributed by atoms with Crippen LogP contribution in [0.1, 0.15) is 0 Å². The van der Waals surface area contributed by atoms with Gasteiger partial charge in [-0.2, -0.15) is 0 Å². The van der Waals surface area contributed by atoms with E-state index in [-0.39, 0.29) is 0 Å². The Labute approximate surface area is 109 Å². The summed E-state index contributed by atoms with van der Waals surface area (Å²) in [6, 6.07) is 15.2. The standard InChI is InChI=1S/C15H10BNS/c16-10-4-6-11-9(8-10)3-5-12-13-2-1-7-17-15(13)18-14(11)12/h1-8H,16H2. The number of nitrogens with zero attached hydrogens (tertiary/aromatic N) is 1. The third kappa shape index (κ3) is 1.31. The van der Waals surface area contributed by atoms with E-state index in [1.807, 2.05) is 12.3 Å². The normalized spacial score (nSPS) is 11.6. The molecule has 18 heavy (non-hydrogen) atoms. The summed E-state index contributed by atoms with van der Waals surface area (Å²) in [6.07, 6.45) is 1.87. The highest BCUT2D eigenvalue weighted by molar-refractivity contribution is 7.26. The number of aromatic nitrogens is 1. The van der Waals surface area contributed by atoms with Crippen LogP contribution in [0.2, 0.25) is 0 Å². The number of hydrogen-bond donors (Lipinski definition) is 0. The van der Waals surface area contributed by atoms with Gasteiger partial charge in [-0.05, 0) is 22.9 Å². The zero-order chi connectivity index (χ0) is 12.1. The van der Waals surface area contributed by atoms with Crippen LogP contribution in [0.25, 0.3) is 31.1 Å². The van der Waals surface area contributed by atoms with Crippen molar-refractivity contribution in [3.63, 3.8) is 0 Å². The molecule has 0 spiro atoms. The number of pyridine rings is 1. The maximum atomic E-state index is 4.46. The summed E-state index contributed by atoms with van der Waals surface area (Å²) in [5.74, 6) is 0. The number of thiophene rings is 1. The Morgan fingerprint density at radius 1 is 0.944 bits per heavy atom. The van der Waals surface area contributed by atoms with Crippen LogP contribution >= 0.6 is 11.3 Å². The van der Waals surface area contributed by atoms with E-state index < -0.39 is 0 Å². The van der Waals surface area contributed by atoms with E-state index >= 15 is 0 Å². The molecule has 0 atom stereocenters. The lowest BCUT2D eigenvalue weighted by Crippen LogP contribution is -1.99. The summed E-state index contributed by atoms with van der Waals surface area (Å²) < 4.78 is 1.35.